The van der Waals surface area contributed by atoms with Gasteiger partial charge in [0.25, 0.3) is 5.91 Å². The van der Waals surface area contributed by atoms with E-state index in [2.05, 4.69) is 84.8 Å². The lowest BCUT2D eigenvalue weighted by Crippen LogP contribution is -2.21. The van der Waals surface area contributed by atoms with Crippen LogP contribution in [-0.2, 0) is 10.2 Å². The molecule has 0 aliphatic carbocycles. The number of hydrogen-bond acceptors (Lipinski definition) is 6. The maximum absolute atomic E-state index is 12.7. The van der Waals surface area contributed by atoms with E-state index in [1.165, 1.54) is 17.3 Å². The van der Waals surface area contributed by atoms with Gasteiger partial charge in [0, 0.05) is 16.8 Å². The minimum Gasteiger partial charge on any atom is -0.497 e. The minimum absolute atomic E-state index is 0.0605. The standard InChI is InChI=1S/C30H33N5O2S/c1-20-10-16-25(17-11-20)35-28(22-12-14-24(15-13-22)30(3,4)5)33-34-29(35)38-19-27(36)32-31-21(2)23-8-7-9-26(18-23)37-6/h7-18H,19H2,1-6H3,(H,32,36)/b31-21-. The van der Waals surface area contributed by atoms with Gasteiger partial charge >= 0.3 is 0 Å². The summed E-state index contributed by atoms with van der Waals surface area (Å²) in [7, 11) is 1.62. The maximum Gasteiger partial charge on any atom is 0.250 e. The van der Waals surface area contributed by atoms with Crippen molar-refractivity contribution < 1.29 is 9.53 Å². The molecule has 0 aliphatic rings. The predicted octanol–water partition coefficient (Wildman–Crippen LogP) is 6.18. The number of ether oxygens (including phenoxy) is 1. The SMILES string of the molecule is COc1cccc(/C(C)=N\NC(=O)CSc2nnc(-c3ccc(C(C)(C)C)cc3)n2-c2ccc(C)cc2)c1. The van der Waals surface area contributed by atoms with Crippen molar-refractivity contribution in [2.45, 2.75) is 45.2 Å². The van der Waals surface area contributed by atoms with Crippen molar-refractivity contribution in [3.8, 4) is 22.8 Å². The summed E-state index contributed by atoms with van der Waals surface area (Å²) >= 11 is 1.32. The van der Waals surface area contributed by atoms with Crippen LogP contribution in [0, 0.1) is 6.92 Å². The third kappa shape index (κ3) is 6.50. The molecule has 196 valence electrons. The molecule has 0 saturated heterocycles. The Morgan fingerprint density at radius 1 is 1.03 bits per heavy atom. The number of methoxy groups -OCH3 is 1. The van der Waals surface area contributed by atoms with Crippen LogP contribution < -0.4 is 10.2 Å². The Hall–Kier alpha value is -3.91. The van der Waals surface area contributed by atoms with Crippen LogP contribution in [-0.4, -0.2) is 39.2 Å². The minimum atomic E-state index is -0.230. The summed E-state index contributed by atoms with van der Waals surface area (Å²) in [6.07, 6.45) is 0. The Labute approximate surface area is 228 Å². The molecule has 0 saturated carbocycles. The lowest BCUT2D eigenvalue weighted by atomic mass is 9.87. The highest BCUT2D eigenvalue weighted by Gasteiger charge is 2.19. The lowest BCUT2D eigenvalue weighted by Gasteiger charge is -2.19. The summed E-state index contributed by atoms with van der Waals surface area (Å²) in [4.78, 5) is 12.7. The number of rotatable bonds is 8. The van der Waals surface area contributed by atoms with Gasteiger partial charge in [-0.25, -0.2) is 5.43 Å². The Morgan fingerprint density at radius 2 is 1.74 bits per heavy atom. The first-order chi connectivity index (χ1) is 18.2. The van der Waals surface area contributed by atoms with Crippen LogP contribution in [0.25, 0.3) is 17.1 Å². The highest BCUT2D eigenvalue weighted by atomic mass is 32.2. The molecule has 38 heavy (non-hydrogen) atoms. The molecular weight excluding hydrogens is 494 g/mol. The second-order valence-corrected chi connectivity index (χ2v) is 11.0. The number of amides is 1. The lowest BCUT2D eigenvalue weighted by molar-refractivity contribution is -0.118. The van der Waals surface area contributed by atoms with Gasteiger partial charge in [-0.1, -0.05) is 86.6 Å². The summed E-state index contributed by atoms with van der Waals surface area (Å²) in [6, 6.07) is 24.1. The first-order valence-electron chi connectivity index (χ1n) is 12.4. The van der Waals surface area contributed by atoms with Gasteiger partial charge in [-0.2, -0.15) is 5.10 Å². The summed E-state index contributed by atoms with van der Waals surface area (Å²) in [6.45, 7) is 10.5. The Kier molecular flexibility index (Phi) is 8.32. The second-order valence-electron chi connectivity index (χ2n) is 10.1. The molecule has 8 heteroatoms. The van der Waals surface area contributed by atoms with E-state index in [9.17, 15) is 4.79 Å². The summed E-state index contributed by atoms with van der Waals surface area (Å²) in [5.41, 5.74) is 8.57. The Bertz CT molecular complexity index is 1440. The molecule has 4 aromatic rings. The average molecular weight is 528 g/mol. The third-order valence-corrected chi connectivity index (χ3v) is 7.03. The Balaban J connectivity index is 1.54. The molecule has 0 aliphatic heterocycles. The first kappa shape index (κ1) is 27.1. The molecule has 1 heterocycles. The second kappa shape index (κ2) is 11.6. The third-order valence-electron chi connectivity index (χ3n) is 6.10. The molecule has 0 radical (unpaired) electrons. The topological polar surface area (TPSA) is 81.4 Å². The predicted molar refractivity (Wildman–Crippen MR) is 154 cm³/mol. The molecule has 0 fully saturated rings. The molecular formula is C30H33N5O2S. The van der Waals surface area contributed by atoms with Crippen LogP contribution in [0.5, 0.6) is 5.75 Å². The smallest absolute Gasteiger partial charge is 0.250 e. The van der Waals surface area contributed by atoms with E-state index in [1.807, 2.05) is 47.9 Å². The van der Waals surface area contributed by atoms with Gasteiger partial charge in [-0.05, 0) is 49.1 Å². The van der Waals surface area contributed by atoms with Crippen molar-refractivity contribution in [3.05, 3.63) is 89.5 Å². The van der Waals surface area contributed by atoms with Crippen molar-refractivity contribution >= 4 is 23.4 Å². The normalized spacial score (nSPS) is 11.9. The molecule has 3 aromatic carbocycles. The van der Waals surface area contributed by atoms with Crippen LogP contribution in [0.4, 0.5) is 0 Å². The van der Waals surface area contributed by atoms with E-state index in [4.69, 9.17) is 4.74 Å². The molecule has 1 aromatic heterocycles. The number of carbonyl (C=O) groups is 1. The fourth-order valence-corrected chi connectivity index (χ4v) is 4.56. The molecule has 0 spiro atoms. The van der Waals surface area contributed by atoms with Crippen molar-refractivity contribution in [2.75, 3.05) is 12.9 Å². The summed E-state index contributed by atoms with van der Waals surface area (Å²) in [5, 5.41) is 13.8. The zero-order valence-corrected chi connectivity index (χ0v) is 23.5. The number of thioether (sulfide) groups is 1. The zero-order valence-electron chi connectivity index (χ0n) is 22.6. The van der Waals surface area contributed by atoms with Gasteiger partial charge < -0.3 is 4.74 Å². The van der Waals surface area contributed by atoms with Crippen LogP contribution in [0.3, 0.4) is 0 Å². The number of hydrogen-bond donors (Lipinski definition) is 1. The van der Waals surface area contributed by atoms with Gasteiger partial charge in [-0.15, -0.1) is 10.2 Å². The zero-order chi connectivity index (χ0) is 27.3. The molecule has 1 N–H and O–H groups in total. The fraction of sp³-hybridized carbons (Fsp3) is 0.267. The van der Waals surface area contributed by atoms with E-state index < -0.39 is 0 Å². The quantitative estimate of drug-likeness (QED) is 0.168. The van der Waals surface area contributed by atoms with Crippen LogP contribution in [0.1, 0.15) is 44.4 Å². The van der Waals surface area contributed by atoms with Gasteiger partial charge in [0.15, 0.2) is 11.0 Å². The number of carbonyl (C=O) groups excluding carboxylic acids is 1. The van der Waals surface area contributed by atoms with E-state index in [0.717, 1.165) is 34.0 Å². The summed E-state index contributed by atoms with van der Waals surface area (Å²) in [5.74, 6) is 1.37. The molecule has 7 nitrogen and oxygen atoms in total. The van der Waals surface area contributed by atoms with Gasteiger partial charge in [0.1, 0.15) is 5.75 Å². The molecule has 0 bridgehead atoms. The van der Waals surface area contributed by atoms with Gasteiger partial charge in [0.2, 0.25) is 0 Å². The van der Waals surface area contributed by atoms with Gasteiger partial charge in [-0.3, -0.25) is 9.36 Å². The van der Waals surface area contributed by atoms with Crippen molar-refractivity contribution in [2.24, 2.45) is 5.10 Å². The van der Waals surface area contributed by atoms with Crippen LogP contribution in [0.15, 0.2) is 83.1 Å². The number of hydrazone groups is 1. The monoisotopic (exact) mass is 527 g/mol. The van der Waals surface area contributed by atoms with E-state index in [-0.39, 0.29) is 17.1 Å². The highest BCUT2D eigenvalue weighted by molar-refractivity contribution is 7.99. The average Bonchev–Trinajstić information content (AvgIpc) is 3.34. The number of nitrogens with zero attached hydrogens (tertiary/aromatic N) is 4. The molecule has 0 atom stereocenters. The maximum atomic E-state index is 12.7. The number of aryl methyl sites for hydroxylation is 1. The van der Waals surface area contributed by atoms with Crippen molar-refractivity contribution in [1.82, 2.24) is 20.2 Å². The van der Waals surface area contributed by atoms with E-state index >= 15 is 0 Å². The largest absolute Gasteiger partial charge is 0.497 e. The number of aromatic nitrogens is 3. The highest BCUT2D eigenvalue weighted by Crippen LogP contribution is 2.30. The van der Waals surface area contributed by atoms with E-state index in [1.54, 1.807) is 7.11 Å². The molecule has 1 amide bonds. The molecule has 0 unspecified atom stereocenters. The fourth-order valence-electron chi connectivity index (χ4n) is 3.82. The van der Waals surface area contributed by atoms with Crippen molar-refractivity contribution in [3.63, 3.8) is 0 Å². The van der Waals surface area contributed by atoms with Gasteiger partial charge in [0.05, 0.1) is 18.6 Å². The number of nitrogens with one attached hydrogen (secondary N) is 1. The van der Waals surface area contributed by atoms with Crippen molar-refractivity contribution in [1.29, 1.82) is 0 Å². The summed E-state index contributed by atoms with van der Waals surface area (Å²) < 4.78 is 7.26. The number of benzene rings is 3. The Morgan fingerprint density at radius 3 is 2.39 bits per heavy atom. The van der Waals surface area contributed by atoms with E-state index in [0.29, 0.717) is 10.9 Å². The van der Waals surface area contributed by atoms with Crippen LogP contribution in [0.2, 0.25) is 0 Å². The molecule has 4 rings (SSSR count). The van der Waals surface area contributed by atoms with Crippen LogP contribution >= 0.6 is 11.8 Å². The first-order valence-corrected chi connectivity index (χ1v) is 13.4.